The highest BCUT2D eigenvalue weighted by atomic mass is 15.1. The van der Waals surface area contributed by atoms with Crippen LogP contribution >= 0.6 is 0 Å². The highest BCUT2D eigenvalue weighted by Gasteiger charge is 2.05. The van der Waals surface area contributed by atoms with Crippen LogP contribution in [0.3, 0.4) is 0 Å². The summed E-state index contributed by atoms with van der Waals surface area (Å²) in [6.45, 7) is 1.68. The molecule has 3 aromatic rings. The number of rotatable bonds is 4. The van der Waals surface area contributed by atoms with Gasteiger partial charge in [-0.15, -0.1) is 0 Å². The van der Waals surface area contributed by atoms with E-state index in [4.69, 9.17) is 5.73 Å². The molecule has 0 unspecified atom stereocenters. The van der Waals surface area contributed by atoms with E-state index < -0.39 is 0 Å². The van der Waals surface area contributed by atoms with Crippen molar-refractivity contribution in [3.63, 3.8) is 0 Å². The zero-order valence-electron chi connectivity index (χ0n) is 10.3. The van der Waals surface area contributed by atoms with Gasteiger partial charge in [0, 0.05) is 37.2 Å². The maximum absolute atomic E-state index is 5.71. The highest BCUT2D eigenvalue weighted by Crippen LogP contribution is 2.19. The Morgan fingerprint density at radius 1 is 1.11 bits per heavy atom. The van der Waals surface area contributed by atoms with Gasteiger partial charge in [-0.2, -0.15) is 0 Å². The Bertz CT molecular complexity index is 655. The molecule has 3 rings (SSSR count). The van der Waals surface area contributed by atoms with Gasteiger partial charge < -0.3 is 14.9 Å². The standard InChI is InChI=1S/C13H14N6/c14-13-7-11(1-2-17-13)12-8-16-10-19(12)6-5-18-4-3-15-9-18/h1-4,7-10H,5-6H2,(H2,14,17). The lowest BCUT2D eigenvalue weighted by atomic mass is 10.2. The van der Waals surface area contributed by atoms with Gasteiger partial charge in [-0.25, -0.2) is 15.0 Å². The fourth-order valence-electron chi connectivity index (χ4n) is 1.99. The third-order valence-electron chi connectivity index (χ3n) is 2.95. The molecule has 0 aliphatic rings. The van der Waals surface area contributed by atoms with Gasteiger partial charge >= 0.3 is 0 Å². The fourth-order valence-corrected chi connectivity index (χ4v) is 1.99. The summed E-state index contributed by atoms with van der Waals surface area (Å²) in [7, 11) is 0. The number of pyridine rings is 1. The third kappa shape index (κ3) is 2.47. The van der Waals surface area contributed by atoms with Crippen molar-refractivity contribution in [3.05, 3.63) is 49.6 Å². The summed E-state index contributed by atoms with van der Waals surface area (Å²) in [4.78, 5) is 12.2. The second-order valence-corrected chi connectivity index (χ2v) is 4.24. The summed E-state index contributed by atoms with van der Waals surface area (Å²) >= 11 is 0. The number of nitrogen functional groups attached to an aromatic ring is 1. The van der Waals surface area contributed by atoms with Crippen LogP contribution in [-0.4, -0.2) is 24.1 Å². The van der Waals surface area contributed by atoms with Gasteiger partial charge in [0.25, 0.3) is 0 Å². The van der Waals surface area contributed by atoms with Crippen molar-refractivity contribution in [1.29, 1.82) is 0 Å². The summed E-state index contributed by atoms with van der Waals surface area (Å²) in [5.41, 5.74) is 7.77. The average molecular weight is 254 g/mol. The van der Waals surface area contributed by atoms with Crippen LogP contribution in [0.15, 0.2) is 49.6 Å². The Hall–Kier alpha value is -2.63. The van der Waals surface area contributed by atoms with E-state index >= 15 is 0 Å². The minimum absolute atomic E-state index is 0.514. The van der Waals surface area contributed by atoms with Crippen LogP contribution in [-0.2, 0) is 13.1 Å². The quantitative estimate of drug-likeness (QED) is 0.764. The van der Waals surface area contributed by atoms with Crippen LogP contribution in [0.5, 0.6) is 0 Å². The number of nitrogens with zero attached hydrogens (tertiary/aromatic N) is 5. The van der Waals surface area contributed by atoms with Crippen LogP contribution in [0.4, 0.5) is 5.82 Å². The van der Waals surface area contributed by atoms with Gasteiger partial charge in [0.1, 0.15) is 5.82 Å². The molecular formula is C13H14N6. The molecule has 0 aromatic carbocycles. The van der Waals surface area contributed by atoms with E-state index in [1.807, 2.05) is 35.4 Å². The molecule has 0 spiro atoms. The monoisotopic (exact) mass is 254 g/mol. The lowest BCUT2D eigenvalue weighted by Crippen LogP contribution is -2.06. The molecule has 0 fully saturated rings. The molecule has 19 heavy (non-hydrogen) atoms. The van der Waals surface area contributed by atoms with Crippen molar-refractivity contribution >= 4 is 5.82 Å². The van der Waals surface area contributed by atoms with Crippen molar-refractivity contribution < 1.29 is 0 Å². The molecule has 3 aromatic heterocycles. The fraction of sp³-hybridized carbons (Fsp3) is 0.154. The van der Waals surface area contributed by atoms with Gasteiger partial charge in [0.15, 0.2) is 0 Å². The number of imidazole rings is 2. The van der Waals surface area contributed by atoms with Crippen LogP contribution in [0.1, 0.15) is 0 Å². The first-order chi connectivity index (χ1) is 9.33. The normalized spacial score (nSPS) is 10.7. The van der Waals surface area contributed by atoms with E-state index in [1.165, 1.54) is 0 Å². The summed E-state index contributed by atoms with van der Waals surface area (Å²) in [5.74, 6) is 0.514. The predicted octanol–water partition coefficient (Wildman–Crippen LogP) is 1.42. The topological polar surface area (TPSA) is 74.5 Å². The lowest BCUT2D eigenvalue weighted by Gasteiger charge is -2.09. The third-order valence-corrected chi connectivity index (χ3v) is 2.95. The minimum atomic E-state index is 0.514. The Morgan fingerprint density at radius 2 is 2.05 bits per heavy atom. The van der Waals surface area contributed by atoms with Crippen LogP contribution in [0, 0.1) is 0 Å². The molecule has 0 saturated heterocycles. The van der Waals surface area contributed by atoms with E-state index in [2.05, 4.69) is 19.5 Å². The second kappa shape index (κ2) is 4.93. The van der Waals surface area contributed by atoms with Gasteiger partial charge in [0.05, 0.1) is 24.5 Å². The van der Waals surface area contributed by atoms with Crippen LogP contribution < -0.4 is 5.73 Å². The maximum atomic E-state index is 5.71. The first-order valence-electron chi connectivity index (χ1n) is 6.01. The second-order valence-electron chi connectivity index (χ2n) is 4.24. The molecule has 0 radical (unpaired) electrons. The first-order valence-corrected chi connectivity index (χ1v) is 6.01. The predicted molar refractivity (Wildman–Crippen MR) is 72.1 cm³/mol. The lowest BCUT2D eigenvalue weighted by molar-refractivity contribution is 0.581. The first kappa shape index (κ1) is 11.5. The SMILES string of the molecule is Nc1cc(-c2cncn2CCn2ccnc2)ccn1. The summed E-state index contributed by atoms with van der Waals surface area (Å²) < 4.78 is 4.12. The number of hydrogen-bond acceptors (Lipinski definition) is 4. The number of aryl methyl sites for hydroxylation is 2. The molecule has 6 nitrogen and oxygen atoms in total. The van der Waals surface area contributed by atoms with E-state index in [-0.39, 0.29) is 0 Å². The molecule has 96 valence electrons. The van der Waals surface area contributed by atoms with Crippen molar-refractivity contribution in [2.75, 3.05) is 5.73 Å². The number of anilines is 1. The molecule has 6 heteroatoms. The van der Waals surface area contributed by atoms with Crippen LogP contribution in [0.25, 0.3) is 11.3 Å². The molecule has 0 atom stereocenters. The van der Waals surface area contributed by atoms with Crippen molar-refractivity contribution in [1.82, 2.24) is 24.1 Å². The smallest absolute Gasteiger partial charge is 0.123 e. The zero-order chi connectivity index (χ0) is 13.1. The van der Waals surface area contributed by atoms with Gasteiger partial charge in [0.2, 0.25) is 0 Å². The van der Waals surface area contributed by atoms with Crippen molar-refractivity contribution in [2.24, 2.45) is 0 Å². The van der Waals surface area contributed by atoms with Gasteiger partial charge in [-0.05, 0) is 12.1 Å². The molecule has 0 aliphatic carbocycles. The molecule has 0 saturated carbocycles. The minimum Gasteiger partial charge on any atom is -0.384 e. The Kier molecular flexibility index (Phi) is 2.97. The number of aromatic nitrogens is 5. The molecule has 2 N–H and O–H groups in total. The Morgan fingerprint density at radius 3 is 2.84 bits per heavy atom. The zero-order valence-corrected chi connectivity index (χ0v) is 10.3. The van der Waals surface area contributed by atoms with Gasteiger partial charge in [-0.3, -0.25) is 0 Å². The summed E-state index contributed by atoms with van der Waals surface area (Å²) in [6.07, 6.45) is 10.9. The van der Waals surface area contributed by atoms with Crippen molar-refractivity contribution in [3.8, 4) is 11.3 Å². The molecule has 0 amide bonds. The Labute approximate surface area is 110 Å². The maximum Gasteiger partial charge on any atom is 0.123 e. The molecule has 0 bridgehead atoms. The Balaban J connectivity index is 1.82. The molecule has 3 heterocycles. The van der Waals surface area contributed by atoms with Gasteiger partial charge in [-0.1, -0.05) is 0 Å². The summed E-state index contributed by atoms with van der Waals surface area (Å²) in [5, 5.41) is 0. The largest absolute Gasteiger partial charge is 0.384 e. The highest BCUT2D eigenvalue weighted by molar-refractivity contribution is 5.61. The van der Waals surface area contributed by atoms with E-state index in [0.717, 1.165) is 24.3 Å². The molecule has 0 aliphatic heterocycles. The van der Waals surface area contributed by atoms with Crippen molar-refractivity contribution in [2.45, 2.75) is 13.1 Å². The van der Waals surface area contributed by atoms with E-state index in [9.17, 15) is 0 Å². The van der Waals surface area contributed by atoms with E-state index in [1.54, 1.807) is 18.7 Å². The number of nitrogens with two attached hydrogens (primary N) is 1. The van der Waals surface area contributed by atoms with Crippen LogP contribution in [0.2, 0.25) is 0 Å². The average Bonchev–Trinajstić information content (AvgIpc) is 3.08. The molecular weight excluding hydrogens is 240 g/mol. The number of hydrogen-bond donors (Lipinski definition) is 1. The summed E-state index contributed by atoms with van der Waals surface area (Å²) in [6, 6.07) is 3.78. The van der Waals surface area contributed by atoms with E-state index in [0.29, 0.717) is 5.82 Å².